The number of hydrogen-bond donors (Lipinski definition) is 2. The molecule has 2 rings (SSSR count). The van der Waals surface area contributed by atoms with Crippen molar-refractivity contribution in [2.24, 2.45) is 5.92 Å². The first kappa shape index (κ1) is 14.1. The zero-order valence-corrected chi connectivity index (χ0v) is 12.1. The van der Waals surface area contributed by atoms with Crippen LogP contribution in [0.15, 0.2) is 29.5 Å². The first-order valence-electron chi connectivity index (χ1n) is 5.63. The van der Waals surface area contributed by atoms with Gasteiger partial charge < -0.3 is 10.4 Å². The number of aliphatic hydroxyl groups excluding tert-OH is 1. The molecule has 0 bridgehead atoms. The molecular formula is C13H10Cl2N2OS. The number of aliphatic hydroxyl groups is 1. The van der Waals surface area contributed by atoms with Gasteiger partial charge in [-0.25, -0.2) is 0 Å². The maximum atomic E-state index is 9.89. The van der Waals surface area contributed by atoms with E-state index in [2.05, 4.69) is 5.32 Å². The fourth-order valence-electron chi connectivity index (χ4n) is 1.57. The SMILES string of the molecule is N#C/C(C(=S)Nc1cccc(Cl)c1Cl)=C(/O)C1CC1. The molecule has 0 aromatic heterocycles. The summed E-state index contributed by atoms with van der Waals surface area (Å²) in [7, 11) is 0. The topological polar surface area (TPSA) is 56.0 Å². The normalized spacial score (nSPS) is 15.4. The highest BCUT2D eigenvalue weighted by Gasteiger charge is 2.29. The van der Waals surface area contributed by atoms with Gasteiger partial charge in [-0.05, 0) is 25.0 Å². The van der Waals surface area contributed by atoms with Crippen LogP contribution in [0.1, 0.15) is 12.8 Å². The van der Waals surface area contributed by atoms with E-state index in [9.17, 15) is 5.11 Å². The minimum absolute atomic E-state index is 0.0538. The summed E-state index contributed by atoms with van der Waals surface area (Å²) in [5.74, 6) is 0.113. The third kappa shape index (κ3) is 3.19. The monoisotopic (exact) mass is 312 g/mol. The fraction of sp³-hybridized carbons (Fsp3) is 0.231. The molecule has 0 amide bonds. The van der Waals surface area contributed by atoms with Crippen molar-refractivity contribution in [3.05, 3.63) is 39.6 Å². The maximum absolute atomic E-state index is 9.89. The van der Waals surface area contributed by atoms with E-state index in [-0.39, 0.29) is 22.2 Å². The van der Waals surface area contributed by atoms with Crippen LogP contribution in [0, 0.1) is 17.2 Å². The molecule has 6 heteroatoms. The Morgan fingerprint density at radius 3 is 2.68 bits per heavy atom. The molecule has 1 fully saturated rings. The molecular weight excluding hydrogens is 303 g/mol. The number of thiocarbonyl (C=S) groups is 1. The van der Waals surface area contributed by atoms with E-state index < -0.39 is 0 Å². The summed E-state index contributed by atoms with van der Waals surface area (Å²) in [6.07, 6.45) is 1.77. The van der Waals surface area contributed by atoms with E-state index in [4.69, 9.17) is 40.7 Å². The number of halogens is 2. The van der Waals surface area contributed by atoms with Gasteiger partial charge in [0.25, 0.3) is 0 Å². The lowest BCUT2D eigenvalue weighted by atomic mass is 10.2. The van der Waals surface area contributed by atoms with Gasteiger partial charge in [-0.1, -0.05) is 41.5 Å². The van der Waals surface area contributed by atoms with Crippen molar-refractivity contribution in [1.82, 2.24) is 0 Å². The molecule has 0 saturated heterocycles. The third-order valence-electron chi connectivity index (χ3n) is 2.76. The first-order chi connectivity index (χ1) is 9.04. The van der Waals surface area contributed by atoms with Crippen molar-refractivity contribution >= 4 is 46.1 Å². The standard InChI is InChI=1S/C13H10Cl2N2OS/c14-9-2-1-3-10(11(9)15)17-13(19)8(6-16)12(18)7-4-5-7/h1-3,7,18H,4-5H2,(H,17,19)/b12-8-. The molecule has 98 valence electrons. The number of rotatable bonds is 3. The Kier molecular flexibility index (Phi) is 4.31. The summed E-state index contributed by atoms with van der Waals surface area (Å²) in [6.45, 7) is 0. The van der Waals surface area contributed by atoms with Crippen LogP contribution in [0.2, 0.25) is 10.0 Å². The van der Waals surface area contributed by atoms with E-state index in [0.717, 1.165) is 12.8 Å². The zero-order valence-electron chi connectivity index (χ0n) is 9.78. The van der Waals surface area contributed by atoms with Crippen molar-refractivity contribution in [1.29, 1.82) is 5.26 Å². The number of hydrogen-bond acceptors (Lipinski definition) is 3. The fourth-order valence-corrected chi connectivity index (χ4v) is 2.18. The summed E-state index contributed by atoms with van der Waals surface area (Å²) in [4.78, 5) is 0.149. The van der Waals surface area contributed by atoms with E-state index >= 15 is 0 Å². The second kappa shape index (κ2) is 5.79. The van der Waals surface area contributed by atoms with Crippen molar-refractivity contribution < 1.29 is 5.11 Å². The van der Waals surface area contributed by atoms with Crippen LogP contribution in [0.3, 0.4) is 0 Å². The average Bonchev–Trinajstić information content (AvgIpc) is 3.20. The van der Waals surface area contributed by atoms with Crippen molar-refractivity contribution in [2.75, 3.05) is 5.32 Å². The summed E-state index contributed by atoms with van der Waals surface area (Å²) in [6, 6.07) is 7.00. The van der Waals surface area contributed by atoms with Gasteiger partial charge in [-0.15, -0.1) is 0 Å². The Morgan fingerprint density at radius 2 is 2.11 bits per heavy atom. The number of nitrogens with one attached hydrogen (secondary N) is 1. The molecule has 1 aromatic carbocycles. The Morgan fingerprint density at radius 1 is 1.42 bits per heavy atom. The number of benzene rings is 1. The number of nitrogens with zero attached hydrogens (tertiary/aromatic N) is 1. The number of allylic oxidation sites excluding steroid dienone is 1. The highest BCUT2D eigenvalue weighted by Crippen LogP contribution is 2.37. The first-order valence-corrected chi connectivity index (χ1v) is 6.79. The van der Waals surface area contributed by atoms with E-state index in [1.54, 1.807) is 18.2 Å². The van der Waals surface area contributed by atoms with Crippen LogP contribution in [0.4, 0.5) is 5.69 Å². The summed E-state index contributed by atoms with van der Waals surface area (Å²) in [5.41, 5.74) is 0.601. The molecule has 19 heavy (non-hydrogen) atoms. The zero-order chi connectivity index (χ0) is 14.0. The Hall–Kier alpha value is -1.28. The summed E-state index contributed by atoms with van der Waals surface area (Å²) >= 11 is 17.0. The highest BCUT2D eigenvalue weighted by atomic mass is 35.5. The van der Waals surface area contributed by atoms with Crippen molar-refractivity contribution in [3.8, 4) is 6.07 Å². The molecule has 1 aromatic rings. The molecule has 0 aliphatic heterocycles. The van der Waals surface area contributed by atoms with Crippen LogP contribution in [0.25, 0.3) is 0 Å². The Bertz CT molecular complexity index is 603. The predicted molar refractivity (Wildman–Crippen MR) is 80.7 cm³/mol. The van der Waals surface area contributed by atoms with Gasteiger partial charge >= 0.3 is 0 Å². The van der Waals surface area contributed by atoms with E-state index in [1.165, 1.54) is 0 Å². The molecule has 0 heterocycles. The minimum atomic E-state index is 0.0538. The second-order valence-electron chi connectivity index (χ2n) is 4.20. The van der Waals surface area contributed by atoms with Crippen LogP contribution >= 0.6 is 35.4 Å². The van der Waals surface area contributed by atoms with Crippen LogP contribution in [0.5, 0.6) is 0 Å². The molecule has 3 nitrogen and oxygen atoms in total. The van der Waals surface area contributed by atoms with Gasteiger partial charge in [0.15, 0.2) is 0 Å². The van der Waals surface area contributed by atoms with Gasteiger partial charge in [-0.3, -0.25) is 0 Å². The van der Waals surface area contributed by atoms with Gasteiger partial charge in [0.1, 0.15) is 22.4 Å². The van der Waals surface area contributed by atoms with Gasteiger partial charge in [-0.2, -0.15) is 5.26 Å². The molecule has 0 radical (unpaired) electrons. The average molecular weight is 313 g/mol. The van der Waals surface area contributed by atoms with Crippen LogP contribution in [-0.4, -0.2) is 10.1 Å². The summed E-state index contributed by atoms with van der Waals surface area (Å²) in [5, 5.41) is 22.5. The van der Waals surface area contributed by atoms with Crippen LogP contribution in [-0.2, 0) is 0 Å². The maximum Gasteiger partial charge on any atom is 0.125 e. The van der Waals surface area contributed by atoms with Crippen LogP contribution < -0.4 is 5.32 Å². The van der Waals surface area contributed by atoms with Crippen molar-refractivity contribution in [2.45, 2.75) is 12.8 Å². The number of nitriles is 1. The molecule has 1 aliphatic carbocycles. The number of anilines is 1. The second-order valence-corrected chi connectivity index (χ2v) is 5.40. The largest absolute Gasteiger partial charge is 0.511 e. The highest BCUT2D eigenvalue weighted by molar-refractivity contribution is 7.81. The van der Waals surface area contributed by atoms with Crippen molar-refractivity contribution in [3.63, 3.8) is 0 Å². The van der Waals surface area contributed by atoms with Gasteiger partial charge in [0, 0.05) is 5.92 Å². The molecule has 1 aliphatic rings. The smallest absolute Gasteiger partial charge is 0.125 e. The molecule has 0 unspecified atom stereocenters. The van der Waals surface area contributed by atoms with E-state index in [1.807, 2.05) is 6.07 Å². The molecule has 2 N–H and O–H groups in total. The lowest BCUT2D eigenvalue weighted by Crippen LogP contribution is -2.14. The minimum Gasteiger partial charge on any atom is -0.511 e. The molecule has 0 atom stereocenters. The summed E-state index contributed by atoms with van der Waals surface area (Å²) < 4.78 is 0. The van der Waals surface area contributed by atoms with Gasteiger partial charge in [0.05, 0.1) is 15.7 Å². The quantitative estimate of drug-likeness (QED) is 0.374. The van der Waals surface area contributed by atoms with E-state index in [0.29, 0.717) is 15.7 Å². The Labute approximate surface area is 126 Å². The Balaban J connectivity index is 2.23. The lowest BCUT2D eigenvalue weighted by Gasteiger charge is -2.10. The third-order valence-corrected chi connectivity index (χ3v) is 3.88. The predicted octanol–water partition coefficient (Wildman–Crippen LogP) is 4.48. The lowest BCUT2D eigenvalue weighted by molar-refractivity contribution is 0.377. The van der Waals surface area contributed by atoms with Gasteiger partial charge in [0.2, 0.25) is 0 Å². The molecule has 0 spiro atoms. The molecule has 1 saturated carbocycles.